The highest BCUT2D eigenvalue weighted by Crippen LogP contribution is 2.41. The maximum Gasteiger partial charge on any atom is 0.408 e. The van der Waals surface area contributed by atoms with Crippen LogP contribution in [0.2, 0.25) is 5.02 Å². The van der Waals surface area contributed by atoms with Gasteiger partial charge in [0.05, 0.1) is 7.11 Å². The van der Waals surface area contributed by atoms with Crippen LogP contribution in [-0.4, -0.2) is 48.6 Å². The molecule has 0 spiro atoms. The van der Waals surface area contributed by atoms with E-state index in [2.05, 4.69) is 16.0 Å². The maximum atomic E-state index is 14.4. The van der Waals surface area contributed by atoms with Gasteiger partial charge in [0.15, 0.2) is 0 Å². The van der Waals surface area contributed by atoms with E-state index in [1.807, 2.05) is 33.8 Å². The number of rotatable bonds is 12. The van der Waals surface area contributed by atoms with Crippen LogP contribution in [-0.2, 0) is 29.3 Å². The van der Waals surface area contributed by atoms with Gasteiger partial charge in [-0.15, -0.1) is 0 Å². The molecule has 47 heavy (non-hydrogen) atoms. The van der Waals surface area contributed by atoms with Crippen LogP contribution in [0.25, 0.3) is 0 Å². The van der Waals surface area contributed by atoms with Crippen LogP contribution in [0.3, 0.4) is 0 Å². The van der Waals surface area contributed by atoms with Crippen LogP contribution >= 0.6 is 11.6 Å². The number of hydrogen-bond donors (Lipinski definition) is 3. The Labute approximate surface area is 281 Å². The number of hydrogen-bond acceptors (Lipinski definition) is 6. The van der Waals surface area contributed by atoms with Crippen molar-refractivity contribution in [2.45, 2.75) is 108 Å². The average molecular weight is 672 g/mol. The van der Waals surface area contributed by atoms with E-state index >= 15 is 0 Å². The lowest BCUT2D eigenvalue weighted by molar-refractivity contribution is -0.146. The van der Waals surface area contributed by atoms with E-state index in [-0.39, 0.29) is 18.2 Å². The Kier molecular flexibility index (Phi) is 11.9. The number of carbonyl (C=O) groups is 4. The van der Waals surface area contributed by atoms with E-state index < -0.39 is 58.8 Å². The third kappa shape index (κ3) is 9.69. The molecule has 2 aromatic rings. The third-order valence-electron chi connectivity index (χ3n) is 9.41. The summed E-state index contributed by atoms with van der Waals surface area (Å²) in [7, 11) is 1.23. The van der Waals surface area contributed by atoms with E-state index in [9.17, 15) is 23.6 Å². The minimum atomic E-state index is -1.09. The molecule has 1 saturated heterocycles. The van der Waals surface area contributed by atoms with Crippen LogP contribution in [0.15, 0.2) is 48.5 Å². The van der Waals surface area contributed by atoms with Gasteiger partial charge in [0.1, 0.15) is 24.0 Å². The molecule has 0 radical (unpaired) electrons. The number of halogens is 2. The third-order valence-corrected chi connectivity index (χ3v) is 9.65. The summed E-state index contributed by atoms with van der Waals surface area (Å²) >= 11 is 6.30. The number of amides is 3. The first kappa shape index (κ1) is 36.2. The summed E-state index contributed by atoms with van der Waals surface area (Å²) in [5.74, 6) is -2.24. The molecule has 1 aliphatic carbocycles. The van der Waals surface area contributed by atoms with Crippen LogP contribution in [0.5, 0.6) is 0 Å². The molecule has 2 aromatic carbocycles. The standard InChI is InChI=1S/C36H47ClFN3O6/c1-35(2)21-24(31(42)41-35)19-29(33(44)46-5)39-32(43)28(17-22-11-7-6-8-12-22)40-34(45)47-30(23-13-9-16-27(38)18-23)36(3,4)25-14-10-15-26(37)20-25/h9-10,13-16,18,20,22,24,28-30H,6-8,11-12,17,19,21H2,1-5H3,(H,39,43)(H,40,45)(H,41,42)/t24?,28-,29?,30?/m0/s1. The summed E-state index contributed by atoms with van der Waals surface area (Å²) in [4.78, 5) is 53.0. The Morgan fingerprint density at radius 1 is 1.02 bits per heavy atom. The molecule has 1 saturated carbocycles. The van der Waals surface area contributed by atoms with Gasteiger partial charge in [-0.3, -0.25) is 9.59 Å². The van der Waals surface area contributed by atoms with Gasteiger partial charge in [-0.05, 0) is 74.4 Å². The fourth-order valence-corrected chi connectivity index (χ4v) is 7.10. The van der Waals surface area contributed by atoms with Gasteiger partial charge in [0.2, 0.25) is 11.8 Å². The second-order valence-corrected chi connectivity index (χ2v) is 14.5. The van der Waals surface area contributed by atoms with E-state index in [0.717, 1.165) is 37.7 Å². The van der Waals surface area contributed by atoms with E-state index in [1.54, 1.807) is 30.3 Å². The molecule has 2 fully saturated rings. The van der Waals surface area contributed by atoms with Crippen molar-refractivity contribution < 1.29 is 33.0 Å². The monoisotopic (exact) mass is 671 g/mol. The van der Waals surface area contributed by atoms with E-state index in [4.69, 9.17) is 21.1 Å². The molecule has 2 aliphatic rings. The molecule has 3 N–H and O–H groups in total. The predicted octanol–water partition coefficient (Wildman–Crippen LogP) is 6.53. The Morgan fingerprint density at radius 2 is 1.72 bits per heavy atom. The van der Waals surface area contributed by atoms with Crippen molar-refractivity contribution in [1.82, 2.24) is 16.0 Å². The fourth-order valence-electron chi connectivity index (χ4n) is 6.91. The lowest BCUT2D eigenvalue weighted by Crippen LogP contribution is -2.53. The first-order chi connectivity index (χ1) is 22.2. The minimum absolute atomic E-state index is 0.0593. The van der Waals surface area contributed by atoms with Gasteiger partial charge in [-0.2, -0.15) is 0 Å². The normalized spacial score (nSPS) is 20.0. The molecule has 1 heterocycles. The fraction of sp³-hybridized carbons (Fsp3) is 0.556. The zero-order chi connectivity index (χ0) is 34.4. The molecule has 0 aromatic heterocycles. The van der Waals surface area contributed by atoms with Crippen molar-refractivity contribution >= 4 is 35.5 Å². The van der Waals surface area contributed by atoms with Gasteiger partial charge < -0.3 is 25.4 Å². The second kappa shape index (κ2) is 15.5. The number of benzene rings is 2. The predicted molar refractivity (Wildman–Crippen MR) is 177 cm³/mol. The number of nitrogens with one attached hydrogen (secondary N) is 3. The zero-order valence-electron chi connectivity index (χ0n) is 27.9. The van der Waals surface area contributed by atoms with Gasteiger partial charge >= 0.3 is 12.1 Å². The Morgan fingerprint density at radius 3 is 2.34 bits per heavy atom. The van der Waals surface area contributed by atoms with Crippen molar-refractivity contribution in [3.63, 3.8) is 0 Å². The van der Waals surface area contributed by atoms with Crippen LogP contribution in [0.1, 0.15) is 96.3 Å². The van der Waals surface area contributed by atoms with Gasteiger partial charge in [0, 0.05) is 21.9 Å². The molecule has 11 heteroatoms. The van der Waals surface area contributed by atoms with Crippen LogP contribution in [0, 0.1) is 17.7 Å². The van der Waals surface area contributed by atoms with Crippen molar-refractivity contribution in [2.24, 2.45) is 11.8 Å². The zero-order valence-corrected chi connectivity index (χ0v) is 28.6. The molecule has 4 atom stereocenters. The lowest BCUT2D eigenvalue weighted by atomic mass is 9.76. The Hall–Kier alpha value is -3.66. The first-order valence-electron chi connectivity index (χ1n) is 16.4. The van der Waals surface area contributed by atoms with Crippen molar-refractivity contribution in [2.75, 3.05) is 7.11 Å². The SMILES string of the molecule is COC(=O)C(CC1CC(C)(C)NC1=O)NC(=O)[C@H](CC1CCCCC1)NC(=O)OC(c1cccc(F)c1)C(C)(C)c1cccc(Cl)c1. The van der Waals surface area contributed by atoms with E-state index in [1.165, 1.54) is 19.2 Å². The topological polar surface area (TPSA) is 123 Å². The van der Waals surface area contributed by atoms with Crippen molar-refractivity contribution in [3.05, 3.63) is 70.5 Å². The average Bonchev–Trinajstić information content (AvgIpc) is 3.29. The first-order valence-corrected chi connectivity index (χ1v) is 16.7. The molecule has 9 nitrogen and oxygen atoms in total. The van der Waals surface area contributed by atoms with Crippen LogP contribution < -0.4 is 16.0 Å². The highest BCUT2D eigenvalue weighted by Gasteiger charge is 2.41. The maximum absolute atomic E-state index is 14.4. The van der Waals surface area contributed by atoms with Gasteiger partial charge in [0.25, 0.3) is 0 Å². The molecular weight excluding hydrogens is 625 g/mol. The summed E-state index contributed by atoms with van der Waals surface area (Å²) in [5, 5.41) is 8.95. The number of carbonyl (C=O) groups excluding carboxylic acids is 4. The highest BCUT2D eigenvalue weighted by atomic mass is 35.5. The molecular formula is C36H47ClFN3O6. The van der Waals surface area contributed by atoms with Gasteiger partial charge in [-0.1, -0.05) is 81.8 Å². The minimum Gasteiger partial charge on any atom is -0.467 e. The highest BCUT2D eigenvalue weighted by molar-refractivity contribution is 6.30. The summed E-state index contributed by atoms with van der Waals surface area (Å²) in [5.41, 5.74) is -0.0910. The summed E-state index contributed by atoms with van der Waals surface area (Å²) in [6.07, 6.45) is 4.05. The summed E-state index contributed by atoms with van der Waals surface area (Å²) in [6, 6.07) is 10.9. The van der Waals surface area contributed by atoms with Gasteiger partial charge in [-0.25, -0.2) is 14.0 Å². The Bertz CT molecular complexity index is 1440. The second-order valence-electron chi connectivity index (χ2n) is 14.1. The smallest absolute Gasteiger partial charge is 0.408 e. The number of methoxy groups -OCH3 is 1. The number of esters is 1. The van der Waals surface area contributed by atoms with Crippen molar-refractivity contribution in [1.29, 1.82) is 0 Å². The molecule has 1 aliphatic heterocycles. The largest absolute Gasteiger partial charge is 0.467 e. The molecule has 3 unspecified atom stereocenters. The van der Waals surface area contributed by atoms with Crippen molar-refractivity contribution in [3.8, 4) is 0 Å². The lowest BCUT2D eigenvalue weighted by Gasteiger charge is -2.35. The molecule has 3 amide bonds. The molecule has 0 bridgehead atoms. The summed E-state index contributed by atoms with van der Waals surface area (Å²) in [6.45, 7) is 7.54. The summed E-state index contributed by atoms with van der Waals surface area (Å²) < 4.78 is 25.5. The Balaban J connectivity index is 1.57. The number of alkyl carbamates (subject to hydrolysis) is 1. The molecule has 256 valence electrons. The molecule has 4 rings (SSSR count). The number of ether oxygens (including phenoxy) is 2. The van der Waals surface area contributed by atoms with E-state index in [0.29, 0.717) is 23.4 Å². The van der Waals surface area contributed by atoms with Crippen LogP contribution in [0.4, 0.5) is 9.18 Å². The quantitative estimate of drug-likeness (QED) is 0.221.